The van der Waals surface area contributed by atoms with Crippen molar-refractivity contribution in [3.63, 3.8) is 0 Å². The average molecular weight is 213 g/mol. The zero-order chi connectivity index (χ0) is 11.1. The largest absolute Gasteiger partial charge is 0.375 e. The van der Waals surface area contributed by atoms with Gasteiger partial charge in [-0.3, -0.25) is 0 Å². The van der Waals surface area contributed by atoms with E-state index in [0.29, 0.717) is 0 Å². The van der Waals surface area contributed by atoms with Gasteiger partial charge in [-0.05, 0) is 45.2 Å². The molecule has 1 aliphatic heterocycles. The number of piperidine rings is 1. The van der Waals surface area contributed by atoms with Crippen LogP contribution in [-0.2, 0) is 4.74 Å². The van der Waals surface area contributed by atoms with E-state index in [2.05, 4.69) is 26.1 Å². The molecule has 2 nitrogen and oxygen atoms in total. The van der Waals surface area contributed by atoms with Crippen LogP contribution >= 0.6 is 0 Å². The predicted octanol–water partition coefficient (Wildman–Crippen LogP) is 2.97. The van der Waals surface area contributed by atoms with Gasteiger partial charge in [0.25, 0.3) is 0 Å². The number of hydrogen-bond donors (Lipinski definition) is 1. The first-order valence-corrected chi connectivity index (χ1v) is 6.47. The number of hydrogen-bond acceptors (Lipinski definition) is 2. The number of unbranched alkanes of at least 4 members (excludes halogenated alkanes) is 1. The second-order valence-electron chi connectivity index (χ2n) is 5.44. The van der Waals surface area contributed by atoms with Crippen LogP contribution in [0, 0.1) is 5.92 Å². The van der Waals surface area contributed by atoms with Gasteiger partial charge >= 0.3 is 0 Å². The first kappa shape index (κ1) is 13.0. The van der Waals surface area contributed by atoms with E-state index >= 15 is 0 Å². The van der Waals surface area contributed by atoms with Crippen molar-refractivity contribution in [3.8, 4) is 0 Å². The van der Waals surface area contributed by atoms with Gasteiger partial charge in [-0.1, -0.05) is 26.7 Å². The lowest BCUT2D eigenvalue weighted by atomic mass is 9.94. The molecule has 0 aromatic rings. The van der Waals surface area contributed by atoms with Crippen LogP contribution in [0.2, 0.25) is 0 Å². The standard InChI is InChI=1S/C13H27NO/c1-12(2)6-4-5-11-15-13(3)7-9-14-10-8-13/h12,14H,4-11H2,1-3H3. The highest BCUT2D eigenvalue weighted by molar-refractivity contribution is 4.81. The predicted molar refractivity (Wildman–Crippen MR) is 65.1 cm³/mol. The van der Waals surface area contributed by atoms with Crippen LogP contribution in [0.25, 0.3) is 0 Å². The van der Waals surface area contributed by atoms with Crippen molar-refractivity contribution in [1.82, 2.24) is 5.32 Å². The summed E-state index contributed by atoms with van der Waals surface area (Å²) in [6.07, 6.45) is 6.20. The Morgan fingerprint density at radius 2 is 1.87 bits per heavy atom. The fourth-order valence-corrected chi connectivity index (χ4v) is 2.07. The summed E-state index contributed by atoms with van der Waals surface area (Å²) in [6, 6.07) is 0. The Bertz CT molecular complexity index is 162. The minimum Gasteiger partial charge on any atom is -0.375 e. The topological polar surface area (TPSA) is 21.3 Å². The molecule has 90 valence electrons. The zero-order valence-corrected chi connectivity index (χ0v) is 10.6. The Labute approximate surface area is 94.8 Å². The molecule has 0 aromatic carbocycles. The van der Waals surface area contributed by atoms with Crippen LogP contribution in [0.3, 0.4) is 0 Å². The molecule has 0 amide bonds. The van der Waals surface area contributed by atoms with Gasteiger partial charge in [0.2, 0.25) is 0 Å². The molecule has 1 rings (SSSR count). The lowest BCUT2D eigenvalue weighted by Gasteiger charge is -2.34. The molecule has 1 aliphatic rings. The fraction of sp³-hybridized carbons (Fsp3) is 1.00. The van der Waals surface area contributed by atoms with E-state index in [0.717, 1.165) is 38.5 Å². The summed E-state index contributed by atoms with van der Waals surface area (Å²) in [5, 5.41) is 3.38. The highest BCUT2D eigenvalue weighted by Gasteiger charge is 2.26. The Morgan fingerprint density at radius 1 is 1.20 bits per heavy atom. The Morgan fingerprint density at radius 3 is 2.47 bits per heavy atom. The zero-order valence-electron chi connectivity index (χ0n) is 10.6. The van der Waals surface area contributed by atoms with Crippen molar-refractivity contribution >= 4 is 0 Å². The van der Waals surface area contributed by atoms with Crippen molar-refractivity contribution in [2.75, 3.05) is 19.7 Å². The van der Waals surface area contributed by atoms with Gasteiger partial charge < -0.3 is 10.1 Å². The van der Waals surface area contributed by atoms with Gasteiger partial charge in [0.05, 0.1) is 5.60 Å². The van der Waals surface area contributed by atoms with Gasteiger partial charge in [-0.25, -0.2) is 0 Å². The van der Waals surface area contributed by atoms with Crippen LogP contribution in [-0.4, -0.2) is 25.3 Å². The molecule has 1 heterocycles. The van der Waals surface area contributed by atoms with E-state index in [1.807, 2.05) is 0 Å². The molecule has 1 fully saturated rings. The highest BCUT2D eigenvalue weighted by atomic mass is 16.5. The monoisotopic (exact) mass is 213 g/mol. The fourth-order valence-electron chi connectivity index (χ4n) is 2.07. The number of rotatable bonds is 6. The minimum atomic E-state index is 0.156. The molecule has 0 bridgehead atoms. The van der Waals surface area contributed by atoms with Crippen molar-refractivity contribution < 1.29 is 4.74 Å². The normalized spacial score (nSPS) is 20.8. The van der Waals surface area contributed by atoms with E-state index in [1.165, 1.54) is 19.3 Å². The summed E-state index contributed by atoms with van der Waals surface area (Å²) < 4.78 is 6.01. The number of ether oxygens (including phenoxy) is 1. The summed E-state index contributed by atoms with van der Waals surface area (Å²) in [5.74, 6) is 0.833. The molecule has 1 N–H and O–H groups in total. The summed E-state index contributed by atoms with van der Waals surface area (Å²) in [6.45, 7) is 10.0. The maximum atomic E-state index is 6.01. The Balaban J connectivity index is 2.03. The van der Waals surface area contributed by atoms with E-state index in [1.54, 1.807) is 0 Å². The molecule has 15 heavy (non-hydrogen) atoms. The molecule has 0 aromatic heterocycles. The lowest BCUT2D eigenvalue weighted by Crippen LogP contribution is -2.41. The van der Waals surface area contributed by atoms with Crippen LogP contribution < -0.4 is 5.32 Å². The van der Waals surface area contributed by atoms with E-state index in [4.69, 9.17) is 4.74 Å². The molecule has 0 unspecified atom stereocenters. The molecule has 0 aliphatic carbocycles. The van der Waals surface area contributed by atoms with E-state index < -0.39 is 0 Å². The highest BCUT2D eigenvalue weighted by Crippen LogP contribution is 2.22. The molecule has 0 radical (unpaired) electrons. The molecular weight excluding hydrogens is 186 g/mol. The third-order valence-corrected chi connectivity index (χ3v) is 3.29. The summed E-state index contributed by atoms with van der Waals surface area (Å²) in [4.78, 5) is 0. The van der Waals surface area contributed by atoms with E-state index in [-0.39, 0.29) is 5.60 Å². The first-order chi connectivity index (χ1) is 7.12. The maximum Gasteiger partial charge on any atom is 0.0678 e. The van der Waals surface area contributed by atoms with Crippen LogP contribution in [0.15, 0.2) is 0 Å². The smallest absolute Gasteiger partial charge is 0.0678 e. The second-order valence-corrected chi connectivity index (χ2v) is 5.44. The minimum absolute atomic E-state index is 0.156. The van der Waals surface area contributed by atoms with Gasteiger partial charge in [-0.2, -0.15) is 0 Å². The molecule has 1 saturated heterocycles. The molecule has 0 atom stereocenters. The molecule has 0 saturated carbocycles. The summed E-state index contributed by atoms with van der Waals surface area (Å²) in [7, 11) is 0. The quantitative estimate of drug-likeness (QED) is 0.685. The maximum absolute atomic E-state index is 6.01. The SMILES string of the molecule is CC(C)CCCCOC1(C)CCNCC1. The second kappa shape index (κ2) is 6.49. The molecule has 0 spiro atoms. The van der Waals surface area contributed by atoms with Gasteiger partial charge in [0.1, 0.15) is 0 Å². The van der Waals surface area contributed by atoms with Crippen LogP contribution in [0.5, 0.6) is 0 Å². The third-order valence-electron chi connectivity index (χ3n) is 3.29. The van der Waals surface area contributed by atoms with Crippen LogP contribution in [0.1, 0.15) is 52.9 Å². The number of nitrogens with one attached hydrogen (secondary N) is 1. The van der Waals surface area contributed by atoms with Crippen molar-refractivity contribution in [1.29, 1.82) is 0 Å². The van der Waals surface area contributed by atoms with Gasteiger partial charge in [-0.15, -0.1) is 0 Å². The van der Waals surface area contributed by atoms with Crippen molar-refractivity contribution in [2.24, 2.45) is 5.92 Å². The van der Waals surface area contributed by atoms with Crippen molar-refractivity contribution in [2.45, 2.75) is 58.5 Å². The van der Waals surface area contributed by atoms with Gasteiger partial charge in [0.15, 0.2) is 0 Å². The van der Waals surface area contributed by atoms with Crippen LogP contribution in [0.4, 0.5) is 0 Å². The molecular formula is C13H27NO. The molecule has 2 heteroatoms. The van der Waals surface area contributed by atoms with Crippen molar-refractivity contribution in [3.05, 3.63) is 0 Å². The average Bonchev–Trinajstić information content (AvgIpc) is 2.17. The summed E-state index contributed by atoms with van der Waals surface area (Å²) in [5.41, 5.74) is 0.156. The van der Waals surface area contributed by atoms with E-state index in [9.17, 15) is 0 Å². The first-order valence-electron chi connectivity index (χ1n) is 6.47. The third kappa shape index (κ3) is 5.53. The Kier molecular flexibility index (Phi) is 5.62. The van der Waals surface area contributed by atoms with Gasteiger partial charge in [0, 0.05) is 6.61 Å². The Hall–Kier alpha value is -0.0800. The lowest BCUT2D eigenvalue weighted by molar-refractivity contribution is -0.0529. The summed E-state index contributed by atoms with van der Waals surface area (Å²) >= 11 is 0.